The van der Waals surface area contributed by atoms with Crippen LogP contribution in [0.1, 0.15) is 29.3 Å². The highest BCUT2D eigenvalue weighted by atomic mass is 35.5. The number of nitrogens with zero attached hydrogens (tertiary/aromatic N) is 1. The molecule has 1 aromatic carbocycles. The molecule has 10 nitrogen and oxygen atoms in total. The Kier molecular flexibility index (Phi) is 5.10. The van der Waals surface area contributed by atoms with Crippen LogP contribution in [0.3, 0.4) is 0 Å². The van der Waals surface area contributed by atoms with Crippen molar-refractivity contribution in [3.63, 3.8) is 0 Å². The number of nitrogens with two attached hydrogens (primary N) is 1. The van der Waals surface area contributed by atoms with Crippen LogP contribution in [0.15, 0.2) is 12.1 Å². The van der Waals surface area contributed by atoms with Crippen molar-refractivity contribution >= 4 is 40.6 Å². The van der Waals surface area contributed by atoms with E-state index in [1.54, 1.807) is 0 Å². The third-order valence-electron chi connectivity index (χ3n) is 7.43. The molecule has 176 valence electrons. The molecule has 4 rings (SSSR count). The molecule has 0 bridgehead atoms. The summed E-state index contributed by atoms with van der Waals surface area (Å²) in [5.41, 5.74) is 0.0293. The van der Waals surface area contributed by atoms with Gasteiger partial charge in [0.2, 0.25) is 5.91 Å². The highest BCUT2D eigenvalue weighted by Crippen LogP contribution is 2.56. The van der Waals surface area contributed by atoms with E-state index in [4.69, 9.17) is 17.3 Å². The Morgan fingerprint density at radius 2 is 1.73 bits per heavy atom. The van der Waals surface area contributed by atoms with Gasteiger partial charge in [-0.2, -0.15) is 0 Å². The predicted octanol–water partition coefficient (Wildman–Crippen LogP) is -0.815. The van der Waals surface area contributed by atoms with Gasteiger partial charge >= 0.3 is 0 Å². The Morgan fingerprint density at radius 1 is 1.12 bits per heavy atom. The standard InChI is InChI=1S/C22H23ClN2O8/c1-21(32)7-6-8-15(25(2)3)17(28)13(20(24)31)19(30)22(8,33)18(29)11(7)16(27)12-10(26)5-4-9(23)14(12)21/h4-5,7-8,11,13,15,26,32-33H,6H2,1-3H3,(H2,24,31)/t7-,8-,11-,13-,15-,21-,22-/m0/s1. The number of hydrogen-bond donors (Lipinski definition) is 4. The number of ketones is 4. The van der Waals surface area contributed by atoms with Gasteiger partial charge in [0.15, 0.2) is 34.7 Å². The molecule has 2 fully saturated rings. The van der Waals surface area contributed by atoms with E-state index >= 15 is 0 Å². The fraction of sp³-hybridized carbons (Fsp3) is 0.500. The number of likely N-dealkylation sites (N-methyl/N-ethyl adjacent to an activating group) is 1. The fourth-order valence-electron chi connectivity index (χ4n) is 5.95. The van der Waals surface area contributed by atoms with Crippen LogP contribution in [0.25, 0.3) is 0 Å². The number of hydrogen-bond acceptors (Lipinski definition) is 9. The molecule has 0 aliphatic heterocycles. The SMILES string of the molecule is CN(C)[C@@H]1C(=O)[C@H](C(N)=O)C(=O)[C@@]2(O)C(=O)[C@@H]3C(=O)c4c(O)ccc(Cl)c4[C@@](C)(O)[C@H]3C[C@@H]12. The van der Waals surface area contributed by atoms with Crippen molar-refractivity contribution in [1.82, 2.24) is 4.90 Å². The van der Waals surface area contributed by atoms with Crippen molar-refractivity contribution in [2.24, 2.45) is 29.4 Å². The maximum atomic E-state index is 13.7. The number of Topliss-reactive ketones (excluding diaryl/α,β-unsaturated/α-hetero) is 4. The average molecular weight is 479 g/mol. The van der Waals surface area contributed by atoms with Gasteiger partial charge in [-0.05, 0) is 39.6 Å². The molecule has 11 heteroatoms. The summed E-state index contributed by atoms with van der Waals surface area (Å²) in [7, 11) is 2.95. The van der Waals surface area contributed by atoms with Gasteiger partial charge in [-0.1, -0.05) is 11.6 Å². The normalized spacial score (nSPS) is 38.1. The molecular weight excluding hydrogens is 456 g/mol. The minimum absolute atomic E-state index is 0.0124. The summed E-state index contributed by atoms with van der Waals surface area (Å²) >= 11 is 6.25. The zero-order valence-corrected chi connectivity index (χ0v) is 18.8. The lowest BCUT2D eigenvalue weighted by Crippen LogP contribution is -2.75. The van der Waals surface area contributed by atoms with Crippen molar-refractivity contribution in [3.05, 3.63) is 28.3 Å². The van der Waals surface area contributed by atoms with Crippen molar-refractivity contribution in [2.45, 2.75) is 30.6 Å². The summed E-state index contributed by atoms with van der Waals surface area (Å²) in [6.07, 6.45) is -0.289. The fourth-order valence-corrected chi connectivity index (χ4v) is 6.30. The van der Waals surface area contributed by atoms with Crippen LogP contribution < -0.4 is 5.73 Å². The largest absolute Gasteiger partial charge is 0.507 e. The van der Waals surface area contributed by atoms with Gasteiger partial charge in [0.25, 0.3) is 0 Å². The van der Waals surface area contributed by atoms with Crippen molar-refractivity contribution < 1.29 is 39.3 Å². The number of aromatic hydroxyl groups is 1. The first-order valence-corrected chi connectivity index (χ1v) is 10.7. The average Bonchev–Trinajstić information content (AvgIpc) is 2.69. The third kappa shape index (κ3) is 2.81. The number of phenols is 1. The summed E-state index contributed by atoms with van der Waals surface area (Å²) in [6.45, 7) is 1.32. The number of amides is 1. The molecule has 0 aromatic heterocycles. The third-order valence-corrected chi connectivity index (χ3v) is 7.75. The van der Waals surface area contributed by atoms with Crippen molar-refractivity contribution in [3.8, 4) is 5.75 Å². The van der Waals surface area contributed by atoms with E-state index in [-0.39, 0.29) is 22.6 Å². The number of benzene rings is 1. The molecule has 1 aromatic rings. The predicted molar refractivity (Wildman–Crippen MR) is 112 cm³/mol. The highest BCUT2D eigenvalue weighted by Gasteiger charge is 2.71. The quantitative estimate of drug-likeness (QED) is 0.396. The van der Waals surface area contributed by atoms with Gasteiger partial charge in [-0.15, -0.1) is 0 Å². The Labute approximate surface area is 193 Å². The van der Waals surface area contributed by atoms with E-state index in [2.05, 4.69) is 0 Å². The second kappa shape index (κ2) is 7.17. The van der Waals surface area contributed by atoms with Crippen molar-refractivity contribution in [1.29, 1.82) is 0 Å². The lowest BCUT2D eigenvalue weighted by Gasteiger charge is -2.55. The number of halogens is 1. The van der Waals surface area contributed by atoms with Gasteiger partial charge < -0.3 is 21.1 Å². The number of rotatable bonds is 2. The topological polar surface area (TPSA) is 175 Å². The van der Waals surface area contributed by atoms with Crippen LogP contribution >= 0.6 is 11.6 Å². The zero-order chi connectivity index (χ0) is 24.8. The Bertz CT molecular complexity index is 1150. The van der Waals surface area contributed by atoms with Gasteiger partial charge in [-0.25, -0.2) is 0 Å². The second-order valence-corrected chi connectivity index (χ2v) is 9.80. The molecule has 33 heavy (non-hydrogen) atoms. The minimum Gasteiger partial charge on any atom is -0.507 e. The molecule has 3 aliphatic carbocycles. The molecule has 0 heterocycles. The van der Waals surface area contributed by atoms with Crippen LogP contribution in [0.4, 0.5) is 0 Å². The van der Waals surface area contributed by atoms with Gasteiger partial charge in [-0.3, -0.25) is 28.9 Å². The summed E-state index contributed by atoms with van der Waals surface area (Å²) in [5, 5.41) is 33.3. The van der Waals surface area contributed by atoms with Crippen LogP contribution in [-0.4, -0.2) is 75.0 Å². The van der Waals surface area contributed by atoms with Gasteiger partial charge in [0.1, 0.15) is 5.75 Å². The molecule has 0 unspecified atom stereocenters. The molecule has 0 radical (unpaired) electrons. The van der Waals surface area contributed by atoms with Crippen LogP contribution in [0, 0.1) is 23.7 Å². The lowest BCUT2D eigenvalue weighted by molar-refractivity contribution is -0.188. The maximum Gasteiger partial charge on any atom is 0.235 e. The van der Waals surface area contributed by atoms with Crippen LogP contribution in [-0.2, 0) is 24.8 Å². The molecule has 0 saturated heterocycles. The first-order chi connectivity index (χ1) is 15.2. The lowest BCUT2D eigenvalue weighted by atomic mass is 9.49. The first-order valence-electron chi connectivity index (χ1n) is 10.3. The number of primary amides is 1. The molecule has 2 saturated carbocycles. The summed E-state index contributed by atoms with van der Waals surface area (Å²) < 4.78 is 0. The minimum atomic E-state index is -2.86. The maximum absolute atomic E-state index is 13.7. The molecule has 5 N–H and O–H groups in total. The Hall–Kier alpha value is -2.66. The monoisotopic (exact) mass is 478 g/mol. The second-order valence-electron chi connectivity index (χ2n) is 9.40. The van der Waals surface area contributed by atoms with E-state index in [0.717, 1.165) is 6.07 Å². The summed E-state index contributed by atoms with van der Waals surface area (Å²) in [6, 6.07) is 1.17. The smallest absolute Gasteiger partial charge is 0.235 e. The first kappa shape index (κ1) is 23.5. The number of phenolic OH excluding ortho intramolecular Hbond substituents is 1. The number of carbonyl (C=O) groups is 5. The summed E-state index contributed by atoms with van der Waals surface area (Å²) in [5.74, 6) is -12.5. The van der Waals surface area contributed by atoms with Crippen LogP contribution in [0.2, 0.25) is 5.02 Å². The van der Waals surface area contributed by atoms with E-state index in [1.807, 2.05) is 0 Å². The summed E-state index contributed by atoms with van der Waals surface area (Å²) in [4.78, 5) is 66.6. The zero-order valence-electron chi connectivity index (χ0n) is 18.0. The number of carbonyl (C=O) groups excluding carboxylic acids is 5. The van der Waals surface area contributed by atoms with E-state index in [0.29, 0.717) is 0 Å². The molecular formula is C22H23ClN2O8. The van der Waals surface area contributed by atoms with E-state index in [9.17, 15) is 39.3 Å². The Balaban J connectivity index is 1.97. The van der Waals surface area contributed by atoms with E-state index in [1.165, 1.54) is 32.0 Å². The van der Waals surface area contributed by atoms with Gasteiger partial charge in [0.05, 0.1) is 23.1 Å². The van der Waals surface area contributed by atoms with E-state index < -0.39 is 75.7 Å². The number of aliphatic hydroxyl groups is 2. The molecule has 7 atom stereocenters. The number of fused-ring (bicyclic) bond motifs is 3. The molecule has 0 spiro atoms. The van der Waals surface area contributed by atoms with Crippen LogP contribution in [0.5, 0.6) is 5.75 Å². The van der Waals surface area contributed by atoms with Crippen molar-refractivity contribution in [2.75, 3.05) is 14.1 Å². The molecule has 1 amide bonds. The Morgan fingerprint density at radius 3 is 2.27 bits per heavy atom. The highest BCUT2D eigenvalue weighted by molar-refractivity contribution is 6.34. The molecule has 3 aliphatic rings. The van der Waals surface area contributed by atoms with Gasteiger partial charge in [0, 0.05) is 22.4 Å².